The number of β-amino-alcohol motifs (C(OH)–C–C–N with tert-alkyl or cyclic N) is 1. The Kier molecular flexibility index (Phi) is 4.69. The molecular formula is C14H17ClN2O4. The minimum absolute atomic E-state index is 0.0189. The highest BCUT2D eigenvalue weighted by Crippen LogP contribution is 2.21. The summed E-state index contributed by atoms with van der Waals surface area (Å²) in [6.07, 6.45) is -0.757. The summed E-state index contributed by atoms with van der Waals surface area (Å²) in [4.78, 5) is 24.4. The number of nitrogens with zero attached hydrogens (tertiary/aromatic N) is 1. The zero-order valence-electron chi connectivity index (χ0n) is 11.5. The summed E-state index contributed by atoms with van der Waals surface area (Å²) in [5.41, 5.74) is 0.822. The van der Waals surface area contributed by atoms with Gasteiger partial charge in [-0.05, 0) is 24.6 Å². The molecule has 2 unspecified atom stereocenters. The van der Waals surface area contributed by atoms with Crippen molar-refractivity contribution >= 4 is 23.6 Å². The number of nitrogens with one attached hydrogen (secondary N) is 1. The Bertz CT molecular complexity index is 552. The van der Waals surface area contributed by atoms with Crippen LogP contribution >= 0.6 is 11.6 Å². The van der Waals surface area contributed by atoms with Gasteiger partial charge in [-0.2, -0.15) is 0 Å². The highest BCUT2D eigenvalue weighted by atomic mass is 35.5. The molecule has 0 radical (unpaired) electrons. The van der Waals surface area contributed by atoms with Crippen molar-refractivity contribution in [3.63, 3.8) is 0 Å². The third kappa shape index (κ3) is 3.65. The number of benzene rings is 1. The molecule has 1 aromatic rings. The van der Waals surface area contributed by atoms with Gasteiger partial charge in [-0.3, -0.25) is 0 Å². The largest absolute Gasteiger partial charge is 0.480 e. The van der Waals surface area contributed by atoms with Gasteiger partial charge in [-0.1, -0.05) is 23.7 Å². The first kappa shape index (κ1) is 15.6. The minimum Gasteiger partial charge on any atom is -0.480 e. The second-order valence-electron chi connectivity index (χ2n) is 5.12. The molecule has 7 heteroatoms. The fourth-order valence-electron chi connectivity index (χ4n) is 2.40. The molecule has 1 aromatic carbocycles. The highest BCUT2D eigenvalue weighted by Gasteiger charge is 2.39. The number of carbonyl (C=O) groups excluding carboxylic acids is 1. The van der Waals surface area contributed by atoms with Crippen molar-refractivity contribution in [2.45, 2.75) is 31.5 Å². The number of carboxylic acids is 1. The van der Waals surface area contributed by atoms with Crippen LogP contribution in [0, 0.1) is 0 Å². The normalized spacial score (nSPS) is 22.9. The third-order valence-electron chi connectivity index (χ3n) is 3.51. The zero-order valence-corrected chi connectivity index (χ0v) is 12.2. The number of urea groups is 1. The summed E-state index contributed by atoms with van der Waals surface area (Å²) in [7, 11) is 0. The number of hydrogen-bond acceptors (Lipinski definition) is 3. The second-order valence-corrected chi connectivity index (χ2v) is 5.56. The average Bonchev–Trinajstić information content (AvgIpc) is 2.81. The maximum Gasteiger partial charge on any atom is 0.326 e. The van der Waals surface area contributed by atoms with Crippen LogP contribution in [0.1, 0.15) is 24.9 Å². The van der Waals surface area contributed by atoms with Gasteiger partial charge in [0.2, 0.25) is 0 Å². The van der Waals surface area contributed by atoms with Crippen molar-refractivity contribution in [3.8, 4) is 0 Å². The fraction of sp³-hybridized carbons (Fsp3) is 0.429. The standard InChI is InChI=1S/C14H17ClN2O4/c1-8(9-3-2-4-10(15)5-9)16-14(21)17-7-11(18)6-12(17)13(19)20/h2-5,8,11-12,18H,6-7H2,1H3,(H,16,21)(H,19,20)/t8?,11?,12-/m0/s1. The number of amides is 2. The summed E-state index contributed by atoms with van der Waals surface area (Å²) < 4.78 is 0. The van der Waals surface area contributed by atoms with Crippen LogP contribution in [0.15, 0.2) is 24.3 Å². The lowest BCUT2D eigenvalue weighted by atomic mass is 10.1. The van der Waals surface area contributed by atoms with E-state index in [4.69, 9.17) is 16.7 Å². The van der Waals surface area contributed by atoms with Crippen LogP contribution in [0.5, 0.6) is 0 Å². The summed E-state index contributed by atoms with van der Waals surface area (Å²) in [5.74, 6) is -1.11. The molecule has 1 aliphatic rings. The van der Waals surface area contributed by atoms with Crippen molar-refractivity contribution < 1.29 is 19.8 Å². The van der Waals surface area contributed by atoms with Crippen molar-refractivity contribution in [1.82, 2.24) is 10.2 Å². The smallest absolute Gasteiger partial charge is 0.326 e. The first-order chi connectivity index (χ1) is 9.88. The van der Waals surface area contributed by atoms with E-state index < -0.39 is 24.1 Å². The SMILES string of the molecule is CC(NC(=O)N1CC(O)C[C@H]1C(=O)O)c1cccc(Cl)c1. The number of carboxylic acid groups (broad SMARTS) is 1. The summed E-state index contributed by atoms with van der Waals surface area (Å²) in [6.45, 7) is 1.80. The number of halogens is 1. The van der Waals surface area contributed by atoms with Crippen LogP contribution in [0.4, 0.5) is 4.79 Å². The molecule has 114 valence electrons. The Morgan fingerprint density at radius 2 is 2.19 bits per heavy atom. The van der Waals surface area contributed by atoms with Gasteiger partial charge in [0.25, 0.3) is 0 Å². The predicted molar refractivity (Wildman–Crippen MR) is 77.2 cm³/mol. The molecule has 2 rings (SSSR count). The lowest BCUT2D eigenvalue weighted by molar-refractivity contribution is -0.141. The van der Waals surface area contributed by atoms with Crippen molar-refractivity contribution in [1.29, 1.82) is 0 Å². The van der Waals surface area contributed by atoms with E-state index in [1.54, 1.807) is 25.1 Å². The van der Waals surface area contributed by atoms with Crippen LogP contribution in [0.2, 0.25) is 5.02 Å². The highest BCUT2D eigenvalue weighted by molar-refractivity contribution is 6.30. The van der Waals surface area contributed by atoms with E-state index >= 15 is 0 Å². The molecular weight excluding hydrogens is 296 g/mol. The third-order valence-corrected chi connectivity index (χ3v) is 3.75. The monoisotopic (exact) mass is 312 g/mol. The quantitative estimate of drug-likeness (QED) is 0.791. The maximum atomic E-state index is 12.2. The van der Waals surface area contributed by atoms with Gasteiger partial charge in [0, 0.05) is 18.0 Å². The van der Waals surface area contributed by atoms with Gasteiger partial charge in [0.15, 0.2) is 0 Å². The minimum atomic E-state index is -1.11. The van der Waals surface area contributed by atoms with Gasteiger partial charge in [0.05, 0.1) is 12.1 Å². The molecule has 2 amide bonds. The summed E-state index contributed by atoms with van der Waals surface area (Å²) >= 11 is 5.90. The topological polar surface area (TPSA) is 89.9 Å². The van der Waals surface area contributed by atoms with E-state index in [-0.39, 0.29) is 19.0 Å². The number of rotatable bonds is 3. The van der Waals surface area contributed by atoms with E-state index in [1.807, 2.05) is 6.07 Å². The summed E-state index contributed by atoms with van der Waals surface area (Å²) in [5, 5.41) is 21.9. The van der Waals surface area contributed by atoms with Crippen LogP contribution in [0.3, 0.4) is 0 Å². The van der Waals surface area contributed by atoms with Crippen LogP contribution in [-0.4, -0.2) is 45.8 Å². The van der Waals surface area contributed by atoms with E-state index in [2.05, 4.69) is 5.32 Å². The van der Waals surface area contributed by atoms with E-state index in [9.17, 15) is 14.7 Å². The number of aliphatic carboxylic acids is 1. The van der Waals surface area contributed by atoms with Crippen LogP contribution in [0.25, 0.3) is 0 Å². The average molecular weight is 313 g/mol. The molecule has 1 heterocycles. The molecule has 6 nitrogen and oxygen atoms in total. The molecule has 1 saturated heterocycles. The maximum absolute atomic E-state index is 12.2. The van der Waals surface area contributed by atoms with Crippen molar-refractivity contribution in [2.75, 3.05) is 6.54 Å². The Morgan fingerprint density at radius 1 is 1.48 bits per heavy atom. The number of likely N-dealkylation sites (tertiary alicyclic amines) is 1. The Hall–Kier alpha value is -1.79. The number of aliphatic hydroxyl groups is 1. The van der Waals surface area contributed by atoms with E-state index in [0.717, 1.165) is 10.5 Å². The molecule has 0 bridgehead atoms. The molecule has 3 atom stereocenters. The molecule has 0 saturated carbocycles. The Morgan fingerprint density at radius 3 is 2.81 bits per heavy atom. The molecule has 0 aliphatic carbocycles. The van der Waals surface area contributed by atoms with Gasteiger partial charge in [0.1, 0.15) is 6.04 Å². The van der Waals surface area contributed by atoms with Gasteiger partial charge >= 0.3 is 12.0 Å². The fourth-order valence-corrected chi connectivity index (χ4v) is 2.60. The Labute approximate surface area is 127 Å². The van der Waals surface area contributed by atoms with E-state index in [1.165, 1.54) is 0 Å². The summed E-state index contributed by atoms with van der Waals surface area (Å²) in [6, 6.07) is 5.25. The number of aliphatic hydroxyl groups excluding tert-OH is 1. The molecule has 1 aliphatic heterocycles. The van der Waals surface area contributed by atoms with Gasteiger partial charge < -0.3 is 20.4 Å². The number of carbonyl (C=O) groups is 2. The lowest BCUT2D eigenvalue weighted by Crippen LogP contribution is -2.46. The van der Waals surface area contributed by atoms with Gasteiger partial charge in [-0.15, -0.1) is 0 Å². The molecule has 21 heavy (non-hydrogen) atoms. The number of hydrogen-bond donors (Lipinski definition) is 3. The second kappa shape index (κ2) is 6.32. The first-order valence-corrected chi connectivity index (χ1v) is 6.99. The van der Waals surface area contributed by atoms with E-state index in [0.29, 0.717) is 5.02 Å². The zero-order chi connectivity index (χ0) is 15.6. The molecule has 1 fully saturated rings. The molecule has 3 N–H and O–H groups in total. The predicted octanol–water partition coefficient (Wildman–Crippen LogP) is 1.63. The Balaban J connectivity index is 2.05. The van der Waals surface area contributed by atoms with Crippen molar-refractivity contribution in [2.24, 2.45) is 0 Å². The molecule has 0 spiro atoms. The first-order valence-electron chi connectivity index (χ1n) is 6.62. The lowest BCUT2D eigenvalue weighted by Gasteiger charge is -2.24. The van der Waals surface area contributed by atoms with Crippen molar-refractivity contribution in [3.05, 3.63) is 34.9 Å². The van der Waals surface area contributed by atoms with Crippen LogP contribution < -0.4 is 5.32 Å². The molecule has 0 aromatic heterocycles. The van der Waals surface area contributed by atoms with Crippen LogP contribution in [-0.2, 0) is 4.79 Å². The van der Waals surface area contributed by atoms with Gasteiger partial charge in [-0.25, -0.2) is 9.59 Å².